The number of rotatable bonds is 2. The predicted octanol–water partition coefficient (Wildman–Crippen LogP) is 2.91. The van der Waals surface area contributed by atoms with Crippen molar-refractivity contribution >= 4 is 5.97 Å². The molecule has 0 N–H and O–H groups in total. The Morgan fingerprint density at radius 1 is 1.48 bits per heavy atom. The number of ether oxygens (including phenoxy) is 2. The monoisotopic (exact) mass is 320 g/mol. The van der Waals surface area contributed by atoms with Crippen molar-refractivity contribution in [3.63, 3.8) is 0 Å². The first kappa shape index (κ1) is 14.9. The van der Waals surface area contributed by atoms with E-state index in [1.807, 2.05) is 6.92 Å². The van der Waals surface area contributed by atoms with Crippen molar-refractivity contribution in [2.24, 2.45) is 5.92 Å². The lowest BCUT2D eigenvalue weighted by atomic mass is 9.80. The molecule has 1 aromatic rings. The molecular weight excluding hydrogens is 297 g/mol. The molecule has 124 valence electrons. The molecule has 1 fully saturated rings. The van der Waals surface area contributed by atoms with Crippen LogP contribution in [0.5, 0.6) is 5.75 Å². The Bertz CT molecular complexity index is 683. The van der Waals surface area contributed by atoms with Crippen LogP contribution in [-0.4, -0.2) is 36.8 Å². The molecule has 0 radical (unpaired) electrons. The van der Waals surface area contributed by atoms with Crippen LogP contribution in [0.4, 0.5) is 4.39 Å². The van der Waals surface area contributed by atoms with Gasteiger partial charge in [0.15, 0.2) is 0 Å². The number of fused-ring (bicyclic) bond motifs is 1. The Hall–Kier alpha value is -1.62. The van der Waals surface area contributed by atoms with Gasteiger partial charge in [0.05, 0.1) is 37.8 Å². The van der Waals surface area contributed by atoms with E-state index in [0.29, 0.717) is 29.4 Å². The fourth-order valence-electron chi connectivity index (χ4n) is 5.21. The van der Waals surface area contributed by atoms with Gasteiger partial charge in [-0.05, 0) is 19.9 Å². The Balaban J connectivity index is 1.94. The molecule has 4 rings (SSSR count). The van der Waals surface area contributed by atoms with E-state index in [9.17, 15) is 9.18 Å². The fraction of sp³-hybridized carbons (Fsp3) is 0.611. The number of esters is 1. The van der Waals surface area contributed by atoms with Crippen molar-refractivity contribution in [3.05, 3.63) is 29.1 Å². The highest BCUT2D eigenvalue weighted by molar-refractivity contribution is 5.79. The van der Waals surface area contributed by atoms with Crippen molar-refractivity contribution in [1.29, 1.82) is 0 Å². The zero-order valence-corrected chi connectivity index (χ0v) is 13.9. The summed E-state index contributed by atoms with van der Waals surface area (Å²) in [7, 11) is 0. The van der Waals surface area contributed by atoms with Crippen LogP contribution in [0.3, 0.4) is 0 Å². The van der Waals surface area contributed by atoms with Crippen LogP contribution in [0.15, 0.2) is 12.1 Å². The first-order valence-electron chi connectivity index (χ1n) is 8.43. The predicted molar refractivity (Wildman–Crippen MR) is 82.4 cm³/mol. The standard InChI is InChI=1S/C18H23FNO3/c1-4-22-17(21)16-13-7-12(19)8-14-15(13)18(3,5-6-23-14)20(16)9-11(2)10-20/h7-8,11,16H,4-6,9-10H2,1-3H3/q+1. The van der Waals surface area contributed by atoms with E-state index in [-0.39, 0.29) is 17.3 Å². The molecular formula is C18H23FNO3+. The van der Waals surface area contributed by atoms with Gasteiger partial charge in [-0.25, -0.2) is 9.18 Å². The zero-order valence-electron chi connectivity index (χ0n) is 13.9. The summed E-state index contributed by atoms with van der Waals surface area (Å²) in [4.78, 5) is 12.8. The molecule has 1 saturated heterocycles. The molecule has 0 aromatic heterocycles. The quantitative estimate of drug-likeness (QED) is 0.621. The number of carbonyl (C=O) groups excluding carboxylic acids is 1. The topological polar surface area (TPSA) is 35.5 Å². The van der Waals surface area contributed by atoms with Crippen LogP contribution in [0, 0.1) is 11.7 Å². The highest BCUT2D eigenvalue weighted by Crippen LogP contribution is 2.62. The van der Waals surface area contributed by atoms with E-state index in [4.69, 9.17) is 9.47 Å². The molecule has 0 bridgehead atoms. The average Bonchev–Trinajstić information content (AvgIpc) is 2.66. The molecule has 0 saturated carbocycles. The van der Waals surface area contributed by atoms with Gasteiger partial charge in [0.1, 0.15) is 17.1 Å². The number of nitrogens with zero attached hydrogens (tertiary/aromatic N) is 1. The van der Waals surface area contributed by atoms with Crippen molar-refractivity contribution in [2.75, 3.05) is 26.3 Å². The van der Waals surface area contributed by atoms with Gasteiger partial charge >= 0.3 is 5.97 Å². The molecule has 0 amide bonds. The number of quaternary nitrogens is 1. The molecule has 3 heterocycles. The van der Waals surface area contributed by atoms with Crippen molar-refractivity contribution in [3.8, 4) is 5.75 Å². The SMILES string of the molecule is CCOC(=O)C1c2cc(F)cc3c2C(C)(CCO3)[N+]12CC(C)C2. The Labute approximate surface area is 135 Å². The Morgan fingerprint density at radius 2 is 2.22 bits per heavy atom. The molecule has 5 heteroatoms. The smallest absolute Gasteiger partial charge is 0.370 e. The third kappa shape index (κ3) is 1.71. The molecule has 0 aliphatic carbocycles. The van der Waals surface area contributed by atoms with Crippen LogP contribution in [0.1, 0.15) is 44.4 Å². The number of hydrogen-bond acceptors (Lipinski definition) is 3. The maximum atomic E-state index is 14.1. The number of benzene rings is 1. The van der Waals surface area contributed by atoms with Gasteiger partial charge in [-0.2, -0.15) is 0 Å². The number of hydrogen-bond donors (Lipinski definition) is 0. The third-order valence-corrected chi connectivity index (χ3v) is 6.04. The molecule has 2 unspecified atom stereocenters. The molecule has 4 nitrogen and oxygen atoms in total. The fourth-order valence-corrected chi connectivity index (χ4v) is 5.21. The summed E-state index contributed by atoms with van der Waals surface area (Å²) in [5, 5.41) is 0. The van der Waals surface area contributed by atoms with Crippen molar-refractivity contribution < 1.29 is 23.1 Å². The summed E-state index contributed by atoms with van der Waals surface area (Å²) in [6, 6.07) is 2.55. The van der Waals surface area contributed by atoms with Gasteiger partial charge in [-0.3, -0.25) is 4.48 Å². The Morgan fingerprint density at radius 3 is 2.87 bits per heavy atom. The molecule has 23 heavy (non-hydrogen) atoms. The highest BCUT2D eigenvalue weighted by Gasteiger charge is 2.69. The first-order valence-corrected chi connectivity index (χ1v) is 8.43. The lowest BCUT2D eigenvalue weighted by Crippen LogP contribution is -2.71. The van der Waals surface area contributed by atoms with Crippen LogP contribution in [-0.2, 0) is 15.1 Å². The van der Waals surface area contributed by atoms with E-state index in [0.717, 1.165) is 30.6 Å². The largest absolute Gasteiger partial charge is 0.493 e. The number of halogens is 1. The molecule has 1 aromatic carbocycles. The number of carbonyl (C=O) groups is 1. The second-order valence-electron chi connectivity index (χ2n) is 7.40. The second kappa shape index (κ2) is 4.69. The second-order valence-corrected chi connectivity index (χ2v) is 7.40. The van der Waals surface area contributed by atoms with Crippen LogP contribution in [0.2, 0.25) is 0 Å². The summed E-state index contributed by atoms with van der Waals surface area (Å²) in [6.45, 7) is 8.99. The summed E-state index contributed by atoms with van der Waals surface area (Å²) < 4.78 is 25.9. The molecule has 2 atom stereocenters. The van der Waals surface area contributed by atoms with Crippen LogP contribution in [0.25, 0.3) is 0 Å². The van der Waals surface area contributed by atoms with Gasteiger partial charge < -0.3 is 9.47 Å². The lowest BCUT2D eigenvalue weighted by Gasteiger charge is -2.58. The van der Waals surface area contributed by atoms with Crippen LogP contribution < -0.4 is 4.74 Å². The normalized spacial score (nSPS) is 37.0. The minimum absolute atomic E-state index is 0.194. The van der Waals surface area contributed by atoms with E-state index >= 15 is 0 Å². The van der Waals surface area contributed by atoms with E-state index in [1.165, 1.54) is 12.1 Å². The maximum absolute atomic E-state index is 14.1. The first-order chi connectivity index (χ1) is 10.9. The summed E-state index contributed by atoms with van der Waals surface area (Å²) in [6.07, 6.45) is 0.848. The Kier molecular flexibility index (Phi) is 3.05. The van der Waals surface area contributed by atoms with E-state index in [2.05, 4.69) is 13.8 Å². The van der Waals surface area contributed by atoms with Gasteiger partial charge in [0.2, 0.25) is 6.04 Å². The zero-order chi connectivity index (χ0) is 16.4. The van der Waals surface area contributed by atoms with Crippen molar-refractivity contribution in [1.82, 2.24) is 0 Å². The van der Waals surface area contributed by atoms with Gasteiger partial charge in [0.25, 0.3) is 0 Å². The minimum Gasteiger partial charge on any atom is -0.493 e. The summed E-state index contributed by atoms with van der Waals surface area (Å²) in [5.41, 5.74) is 1.60. The summed E-state index contributed by atoms with van der Waals surface area (Å²) >= 11 is 0. The third-order valence-electron chi connectivity index (χ3n) is 6.04. The van der Waals surface area contributed by atoms with Crippen LogP contribution >= 0.6 is 0 Å². The average molecular weight is 320 g/mol. The van der Waals surface area contributed by atoms with E-state index < -0.39 is 6.04 Å². The molecule has 3 aliphatic rings. The van der Waals surface area contributed by atoms with E-state index in [1.54, 1.807) is 0 Å². The maximum Gasteiger partial charge on any atom is 0.370 e. The molecule has 3 aliphatic heterocycles. The molecule has 1 spiro atoms. The minimum atomic E-state index is -0.428. The van der Waals surface area contributed by atoms with Gasteiger partial charge in [0, 0.05) is 18.1 Å². The lowest BCUT2D eigenvalue weighted by molar-refractivity contribution is -1.04. The highest BCUT2D eigenvalue weighted by atomic mass is 19.1. The summed E-state index contributed by atoms with van der Waals surface area (Å²) in [5.74, 6) is 0.598. The van der Waals surface area contributed by atoms with Gasteiger partial charge in [-0.1, -0.05) is 6.92 Å². The van der Waals surface area contributed by atoms with Gasteiger partial charge in [-0.15, -0.1) is 0 Å². The van der Waals surface area contributed by atoms with Crippen molar-refractivity contribution in [2.45, 2.75) is 38.8 Å².